The number of carbonyl (C=O) groups excluding carboxylic acids is 1. The minimum atomic E-state index is -0.213. The van der Waals surface area contributed by atoms with Crippen molar-refractivity contribution in [2.24, 2.45) is 5.10 Å². The molecule has 1 aliphatic heterocycles. The van der Waals surface area contributed by atoms with E-state index in [1.807, 2.05) is 6.07 Å². The van der Waals surface area contributed by atoms with Crippen LogP contribution >= 0.6 is 0 Å². The number of nitrogens with one attached hydrogen (secondary N) is 1. The number of phenolic OH excluding ortho intramolecular Hbond substituents is 1. The first-order valence-electron chi connectivity index (χ1n) is 13.8. The lowest BCUT2D eigenvalue weighted by molar-refractivity contribution is -0.122. The molecule has 2 N–H and O–H groups in total. The number of piperazine rings is 1. The normalized spacial score (nSPS) is 16.2. The van der Waals surface area contributed by atoms with Crippen molar-refractivity contribution in [2.75, 3.05) is 32.7 Å². The van der Waals surface area contributed by atoms with E-state index in [0.717, 1.165) is 43.9 Å². The van der Waals surface area contributed by atoms with E-state index in [2.05, 4.69) is 113 Å². The SMILES string of the molecule is CC(C)(C)c1ccc(CN2CCN(CC(=O)NN=Cc3cc(C(C)(C)C)cc(C(C)(C)C)c3O)CC2)cc1. The first-order valence-corrected chi connectivity index (χ1v) is 13.8. The monoisotopic (exact) mass is 520 g/mol. The van der Waals surface area contributed by atoms with E-state index in [1.165, 1.54) is 11.1 Å². The molecule has 6 nitrogen and oxygen atoms in total. The van der Waals surface area contributed by atoms with E-state index in [4.69, 9.17) is 0 Å². The Labute approximate surface area is 230 Å². The molecule has 0 aromatic heterocycles. The molecule has 1 heterocycles. The lowest BCUT2D eigenvalue weighted by Crippen LogP contribution is -2.48. The summed E-state index contributed by atoms with van der Waals surface area (Å²) < 4.78 is 0. The fourth-order valence-electron chi connectivity index (χ4n) is 4.65. The van der Waals surface area contributed by atoms with Gasteiger partial charge in [0.2, 0.25) is 0 Å². The van der Waals surface area contributed by atoms with E-state index in [9.17, 15) is 9.90 Å². The Morgan fingerprint density at radius 2 is 1.39 bits per heavy atom. The summed E-state index contributed by atoms with van der Waals surface area (Å²) in [6.07, 6.45) is 1.56. The van der Waals surface area contributed by atoms with Gasteiger partial charge in [0.05, 0.1) is 12.8 Å². The van der Waals surface area contributed by atoms with Crippen LogP contribution in [0.5, 0.6) is 5.75 Å². The Morgan fingerprint density at radius 3 is 1.92 bits per heavy atom. The van der Waals surface area contributed by atoms with Gasteiger partial charge in [-0.25, -0.2) is 5.43 Å². The van der Waals surface area contributed by atoms with Crippen molar-refractivity contribution < 1.29 is 9.90 Å². The smallest absolute Gasteiger partial charge is 0.254 e. The molecule has 6 heteroatoms. The zero-order valence-electron chi connectivity index (χ0n) is 25.0. The minimum Gasteiger partial charge on any atom is -0.507 e. The summed E-state index contributed by atoms with van der Waals surface area (Å²) in [6, 6.07) is 13.0. The maximum absolute atomic E-state index is 12.6. The quantitative estimate of drug-likeness (QED) is 0.387. The van der Waals surface area contributed by atoms with Crippen molar-refractivity contribution in [3.63, 3.8) is 0 Å². The predicted octanol–water partition coefficient (Wildman–Crippen LogP) is 5.55. The van der Waals surface area contributed by atoms with Crippen LogP contribution in [-0.4, -0.2) is 59.8 Å². The largest absolute Gasteiger partial charge is 0.507 e. The topological polar surface area (TPSA) is 68.2 Å². The Hall–Kier alpha value is -2.70. The summed E-state index contributed by atoms with van der Waals surface area (Å²) in [4.78, 5) is 17.2. The van der Waals surface area contributed by atoms with Gasteiger partial charge in [0.15, 0.2) is 0 Å². The summed E-state index contributed by atoms with van der Waals surface area (Å²) in [5.74, 6) is 0.0719. The van der Waals surface area contributed by atoms with Crippen LogP contribution < -0.4 is 5.43 Å². The molecule has 2 aromatic carbocycles. The average molecular weight is 521 g/mol. The molecule has 1 fully saturated rings. The molecule has 0 unspecified atom stereocenters. The number of rotatable bonds is 6. The van der Waals surface area contributed by atoms with Gasteiger partial charge in [-0.1, -0.05) is 92.6 Å². The summed E-state index contributed by atoms with van der Waals surface area (Å²) in [7, 11) is 0. The second-order valence-corrected chi connectivity index (χ2v) is 13.8. The fourth-order valence-corrected chi connectivity index (χ4v) is 4.65. The highest BCUT2D eigenvalue weighted by Crippen LogP contribution is 2.37. The molecule has 0 saturated carbocycles. The van der Waals surface area contributed by atoms with Crippen LogP contribution in [0.15, 0.2) is 41.5 Å². The first kappa shape index (κ1) is 29.9. The van der Waals surface area contributed by atoms with Gasteiger partial charge >= 0.3 is 0 Å². The van der Waals surface area contributed by atoms with Crippen molar-refractivity contribution in [3.05, 3.63) is 64.2 Å². The fraction of sp³-hybridized carbons (Fsp3) is 0.562. The second kappa shape index (κ2) is 11.6. The number of carbonyl (C=O) groups is 1. The minimum absolute atomic E-state index is 0.0719. The number of benzene rings is 2. The molecule has 0 radical (unpaired) electrons. The third kappa shape index (κ3) is 8.15. The number of amides is 1. The van der Waals surface area contributed by atoms with Crippen LogP contribution in [-0.2, 0) is 27.6 Å². The molecule has 38 heavy (non-hydrogen) atoms. The number of aromatic hydroxyl groups is 1. The second-order valence-electron chi connectivity index (χ2n) is 13.8. The van der Waals surface area contributed by atoms with Crippen molar-refractivity contribution in [3.8, 4) is 5.75 Å². The number of hydrogen-bond acceptors (Lipinski definition) is 5. The summed E-state index contributed by atoms with van der Waals surface area (Å²) >= 11 is 0. The number of nitrogens with zero attached hydrogens (tertiary/aromatic N) is 3. The standard InChI is InChI=1S/C32H48N4O2/c1-30(2,3)25-12-10-23(11-13-25)21-35-14-16-36(17-15-35)22-28(37)34-33-20-24-18-26(31(4,5)6)19-27(29(24)38)32(7,8)9/h10-13,18-20,38H,14-17,21-22H2,1-9H3,(H,34,37). The molecule has 0 aliphatic carbocycles. The van der Waals surface area contributed by atoms with Crippen molar-refractivity contribution in [2.45, 2.75) is 85.1 Å². The number of hydrazone groups is 1. The van der Waals surface area contributed by atoms with Crippen LogP contribution in [0.2, 0.25) is 0 Å². The molecule has 0 spiro atoms. The maximum Gasteiger partial charge on any atom is 0.254 e. The lowest BCUT2D eigenvalue weighted by atomic mass is 9.79. The highest BCUT2D eigenvalue weighted by atomic mass is 16.3. The lowest BCUT2D eigenvalue weighted by Gasteiger charge is -2.34. The molecule has 2 aromatic rings. The predicted molar refractivity (Wildman–Crippen MR) is 158 cm³/mol. The first-order chi connectivity index (χ1) is 17.5. The van der Waals surface area contributed by atoms with Crippen LogP contribution in [0.1, 0.15) is 90.1 Å². The zero-order chi connectivity index (χ0) is 28.3. The Kier molecular flexibility index (Phi) is 9.10. The molecule has 1 saturated heterocycles. The van der Waals surface area contributed by atoms with Gasteiger partial charge in [-0.15, -0.1) is 0 Å². The van der Waals surface area contributed by atoms with Crippen LogP contribution in [0.3, 0.4) is 0 Å². The molecule has 0 bridgehead atoms. The van der Waals surface area contributed by atoms with Crippen LogP contribution in [0.4, 0.5) is 0 Å². The Morgan fingerprint density at radius 1 is 0.842 bits per heavy atom. The Balaban J connectivity index is 1.52. The van der Waals surface area contributed by atoms with E-state index < -0.39 is 0 Å². The number of hydrogen-bond donors (Lipinski definition) is 2. The summed E-state index contributed by atoms with van der Waals surface area (Å²) in [5, 5.41) is 15.1. The van der Waals surface area contributed by atoms with Crippen molar-refractivity contribution >= 4 is 12.1 Å². The molecule has 0 atom stereocenters. The third-order valence-corrected chi connectivity index (χ3v) is 7.26. The van der Waals surface area contributed by atoms with E-state index >= 15 is 0 Å². The summed E-state index contributed by atoms with van der Waals surface area (Å²) in [6.45, 7) is 24.2. The molecule has 3 rings (SSSR count). The molecule has 1 amide bonds. The van der Waals surface area contributed by atoms with Gasteiger partial charge in [0.25, 0.3) is 5.91 Å². The maximum atomic E-state index is 12.6. The highest BCUT2D eigenvalue weighted by Gasteiger charge is 2.25. The molecule has 1 aliphatic rings. The van der Waals surface area contributed by atoms with Gasteiger partial charge in [0.1, 0.15) is 5.75 Å². The van der Waals surface area contributed by atoms with E-state index in [1.54, 1.807) is 6.21 Å². The van der Waals surface area contributed by atoms with Gasteiger partial charge in [-0.3, -0.25) is 14.6 Å². The van der Waals surface area contributed by atoms with Gasteiger partial charge in [-0.2, -0.15) is 5.10 Å². The molecular formula is C32H48N4O2. The van der Waals surface area contributed by atoms with E-state index in [0.29, 0.717) is 12.1 Å². The van der Waals surface area contributed by atoms with E-state index in [-0.39, 0.29) is 27.9 Å². The summed E-state index contributed by atoms with van der Waals surface area (Å²) in [5.41, 5.74) is 7.83. The van der Waals surface area contributed by atoms with Crippen LogP contribution in [0.25, 0.3) is 0 Å². The molecule has 208 valence electrons. The van der Waals surface area contributed by atoms with Gasteiger partial charge in [0, 0.05) is 43.9 Å². The molecular weight excluding hydrogens is 472 g/mol. The van der Waals surface area contributed by atoms with Gasteiger partial charge in [-0.05, 0) is 39.0 Å². The van der Waals surface area contributed by atoms with Crippen LogP contribution in [0, 0.1) is 0 Å². The Bertz CT molecular complexity index is 1120. The highest BCUT2D eigenvalue weighted by molar-refractivity contribution is 5.86. The third-order valence-electron chi connectivity index (χ3n) is 7.26. The van der Waals surface area contributed by atoms with Crippen molar-refractivity contribution in [1.82, 2.24) is 15.2 Å². The van der Waals surface area contributed by atoms with Gasteiger partial charge < -0.3 is 5.11 Å². The van der Waals surface area contributed by atoms with Crippen molar-refractivity contribution in [1.29, 1.82) is 0 Å². The zero-order valence-corrected chi connectivity index (χ0v) is 25.0. The number of phenols is 1. The average Bonchev–Trinajstić information content (AvgIpc) is 2.79.